The summed E-state index contributed by atoms with van der Waals surface area (Å²) >= 11 is 0. The molecular formula is C5H4F5N5O. The molecule has 6 nitrogen and oxygen atoms in total. The van der Waals surface area contributed by atoms with Gasteiger partial charge in [0.05, 0.1) is 6.54 Å². The summed E-state index contributed by atoms with van der Waals surface area (Å²) in [7, 11) is 0. The standard InChI is InChI=1S/C5H4F5N5O/c6-4(7,5(8,9)10)3(16)11-1-2-12-14-15-13-2/h1H2,(H,11,16)(H,12,13,14,15). The van der Waals surface area contributed by atoms with Gasteiger partial charge in [-0.1, -0.05) is 5.21 Å². The molecule has 0 unspecified atom stereocenters. The zero-order valence-corrected chi connectivity index (χ0v) is 7.35. The molecule has 16 heavy (non-hydrogen) atoms. The van der Waals surface area contributed by atoms with Crippen LogP contribution in [-0.2, 0) is 11.3 Å². The third kappa shape index (κ3) is 2.41. The maximum absolute atomic E-state index is 12.4. The SMILES string of the molecule is O=C(NCc1nn[nH]n1)C(F)(F)C(F)(F)F. The fourth-order valence-electron chi connectivity index (χ4n) is 0.656. The van der Waals surface area contributed by atoms with E-state index < -0.39 is 24.6 Å². The topological polar surface area (TPSA) is 83.6 Å². The van der Waals surface area contributed by atoms with Crippen molar-refractivity contribution >= 4 is 5.91 Å². The Morgan fingerprint density at radius 1 is 1.31 bits per heavy atom. The predicted molar refractivity (Wildman–Crippen MR) is 37.0 cm³/mol. The van der Waals surface area contributed by atoms with E-state index in [4.69, 9.17) is 0 Å². The molecule has 0 radical (unpaired) electrons. The lowest BCUT2D eigenvalue weighted by atomic mass is 10.3. The lowest BCUT2D eigenvalue weighted by molar-refractivity contribution is -0.269. The van der Waals surface area contributed by atoms with Crippen molar-refractivity contribution in [2.24, 2.45) is 0 Å². The second-order valence-electron chi connectivity index (χ2n) is 2.58. The highest BCUT2D eigenvalue weighted by atomic mass is 19.4. The molecule has 11 heteroatoms. The summed E-state index contributed by atoms with van der Waals surface area (Å²) in [6.07, 6.45) is -5.94. The molecule has 0 spiro atoms. The molecule has 1 aromatic heterocycles. The first-order valence-corrected chi connectivity index (χ1v) is 3.70. The van der Waals surface area contributed by atoms with Crippen LogP contribution in [0.2, 0.25) is 0 Å². The van der Waals surface area contributed by atoms with Gasteiger partial charge in [0.15, 0.2) is 5.82 Å². The van der Waals surface area contributed by atoms with Gasteiger partial charge in [0.25, 0.3) is 0 Å². The van der Waals surface area contributed by atoms with Gasteiger partial charge in [-0.25, -0.2) is 0 Å². The summed E-state index contributed by atoms with van der Waals surface area (Å²) in [5, 5.41) is 12.8. The molecule has 0 aliphatic heterocycles. The molecular weight excluding hydrogens is 241 g/mol. The lowest BCUT2D eigenvalue weighted by Crippen LogP contribution is -2.50. The van der Waals surface area contributed by atoms with Crippen molar-refractivity contribution in [1.82, 2.24) is 25.9 Å². The number of carbonyl (C=O) groups is 1. The van der Waals surface area contributed by atoms with Gasteiger partial charge < -0.3 is 5.32 Å². The molecule has 0 aliphatic rings. The van der Waals surface area contributed by atoms with Crippen molar-refractivity contribution in [1.29, 1.82) is 0 Å². The maximum Gasteiger partial charge on any atom is 0.463 e. The Balaban J connectivity index is 2.59. The minimum Gasteiger partial charge on any atom is -0.343 e. The fraction of sp³-hybridized carbons (Fsp3) is 0.600. The number of amides is 1. The van der Waals surface area contributed by atoms with Crippen LogP contribution in [0.3, 0.4) is 0 Å². The number of halogens is 5. The summed E-state index contributed by atoms with van der Waals surface area (Å²) < 4.78 is 59.8. The number of tetrazole rings is 1. The third-order valence-corrected chi connectivity index (χ3v) is 1.44. The van der Waals surface area contributed by atoms with E-state index in [1.165, 1.54) is 5.32 Å². The largest absolute Gasteiger partial charge is 0.463 e. The van der Waals surface area contributed by atoms with Gasteiger partial charge in [0, 0.05) is 0 Å². The van der Waals surface area contributed by atoms with E-state index in [9.17, 15) is 26.7 Å². The molecule has 0 fully saturated rings. The average molecular weight is 245 g/mol. The van der Waals surface area contributed by atoms with Crippen LogP contribution < -0.4 is 5.32 Å². The molecule has 1 rings (SSSR count). The quantitative estimate of drug-likeness (QED) is 0.735. The van der Waals surface area contributed by atoms with Gasteiger partial charge in [-0.3, -0.25) is 4.79 Å². The van der Waals surface area contributed by atoms with Gasteiger partial charge in [0.2, 0.25) is 0 Å². The van der Waals surface area contributed by atoms with Crippen molar-refractivity contribution < 1.29 is 26.7 Å². The van der Waals surface area contributed by atoms with Crippen LogP contribution in [0.25, 0.3) is 0 Å². The molecule has 1 aromatic rings. The van der Waals surface area contributed by atoms with Crippen molar-refractivity contribution in [3.8, 4) is 0 Å². The summed E-state index contributed by atoms with van der Waals surface area (Å²) in [4.78, 5) is 10.5. The number of H-pyrrole nitrogens is 1. The molecule has 1 heterocycles. The Morgan fingerprint density at radius 3 is 2.38 bits per heavy atom. The summed E-state index contributed by atoms with van der Waals surface area (Å²) in [6.45, 7) is -0.680. The first-order valence-electron chi connectivity index (χ1n) is 3.70. The number of nitrogens with zero attached hydrogens (tertiary/aromatic N) is 3. The minimum absolute atomic E-state index is 0.216. The number of aromatic nitrogens is 4. The number of hydrogen-bond acceptors (Lipinski definition) is 4. The zero-order valence-electron chi connectivity index (χ0n) is 7.35. The highest BCUT2D eigenvalue weighted by Crippen LogP contribution is 2.35. The van der Waals surface area contributed by atoms with Gasteiger partial charge in [0.1, 0.15) is 0 Å². The van der Waals surface area contributed by atoms with Crippen LogP contribution in [0, 0.1) is 0 Å². The third-order valence-electron chi connectivity index (χ3n) is 1.44. The maximum atomic E-state index is 12.4. The fourth-order valence-corrected chi connectivity index (χ4v) is 0.656. The molecule has 1 amide bonds. The molecule has 0 aromatic carbocycles. The Bertz CT molecular complexity index is 360. The number of alkyl halides is 5. The number of nitrogens with one attached hydrogen (secondary N) is 2. The first kappa shape index (κ1) is 12.3. The molecule has 2 N–H and O–H groups in total. The Hall–Kier alpha value is -1.81. The van der Waals surface area contributed by atoms with Crippen molar-refractivity contribution in [3.63, 3.8) is 0 Å². The van der Waals surface area contributed by atoms with Crippen molar-refractivity contribution in [3.05, 3.63) is 5.82 Å². The average Bonchev–Trinajstić information content (AvgIpc) is 2.64. The molecule has 0 saturated heterocycles. The number of aromatic amines is 1. The Kier molecular flexibility index (Phi) is 3.05. The van der Waals surface area contributed by atoms with Crippen LogP contribution in [-0.4, -0.2) is 38.6 Å². The zero-order chi connectivity index (χ0) is 12.4. The minimum atomic E-state index is -5.94. The van der Waals surface area contributed by atoms with Crippen LogP contribution in [0.5, 0.6) is 0 Å². The predicted octanol–water partition coefficient (Wildman–Crippen LogP) is 0.0135. The highest BCUT2D eigenvalue weighted by Gasteiger charge is 2.63. The van der Waals surface area contributed by atoms with Gasteiger partial charge in [-0.15, -0.1) is 10.2 Å². The lowest BCUT2D eigenvalue weighted by Gasteiger charge is -2.17. The Morgan fingerprint density at radius 2 is 1.94 bits per heavy atom. The summed E-state index contributed by atoms with van der Waals surface area (Å²) in [6, 6.07) is 0. The van der Waals surface area contributed by atoms with Crippen LogP contribution in [0.1, 0.15) is 5.82 Å². The summed E-state index contributed by atoms with van der Waals surface area (Å²) in [5.41, 5.74) is 0. The van der Waals surface area contributed by atoms with Gasteiger partial charge in [-0.05, 0) is 0 Å². The second kappa shape index (κ2) is 3.98. The molecule has 0 saturated carbocycles. The van der Waals surface area contributed by atoms with E-state index in [2.05, 4.69) is 15.4 Å². The normalized spacial score (nSPS) is 12.6. The first-order chi connectivity index (χ1) is 7.25. The van der Waals surface area contributed by atoms with E-state index in [1.807, 2.05) is 5.21 Å². The molecule has 90 valence electrons. The smallest absolute Gasteiger partial charge is 0.343 e. The van der Waals surface area contributed by atoms with E-state index in [0.717, 1.165) is 0 Å². The second-order valence-corrected chi connectivity index (χ2v) is 2.58. The van der Waals surface area contributed by atoms with Gasteiger partial charge >= 0.3 is 18.0 Å². The van der Waals surface area contributed by atoms with E-state index in [0.29, 0.717) is 0 Å². The van der Waals surface area contributed by atoms with Crippen LogP contribution >= 0.6 is 0 Å². The van der Waals surface area contributed by atoms with Crippen molar-refractivity contribution in [2.45, 2.75) is 18.6 Å². The Labute approximate surface area is 84.2 Å². The van der Waals surface area contributed by atoms with Crippen LogP contribution in [0.15, 0.2) is 0 Å². The molecule has 0 aliphatic carbocycles. The van der Waals surface area contributed by atoms with Gasteiger partial charge in [-0.2, -0.15) is 27.2 Å². The number of hydrogen-bond donors (Lipinski definition) is 2. The molecule has 0 bridgehead atoms. The van der Waals surface area contributed by atoms with E-state index in [-0.39, 0.29) is 5.82 Å². The highest BCUT2D eigenvalue weighted by molar-refractivity contribution is 5.84. The monoisotopic (exact) mass is 245 g/mol. The van der Waals surface area contributed by atoms with Crippen molar-refractivity contribution in [2.75, 3.05) is 0 Å². The van der Waals surface area contributed by atoms with E-state index in [1.54, 1.807) is 0 Å². The number of rotatable bonds is 3. The molecule has 0 atom stereocenters. The number of carbonyl (C=O) groups excluding carboxylic acids is 1. The van der Waals surface area contributed by atoms with Crippen LogP contribution in [0.4, 0.5) is 22.0 Å². The summed E-state index contributed by atoms with van der Waals surface area (Å²) in [5.74, 6) is -8.13. The van der Waals surface area contributed by atoms with E-state index >= 15 is 0 Å².